The van der Waals surface area contributed by atoms with E-state index >= 15 is 0 Å². The van der Waals surface area contributed by atoms with E-state index in [-0.39, 0.29) is 29.7 Å². The number of guanidine groups is 1. The minimum Gasteiger partial charge on any atom is -0.356 e. The van der Waals surface area contributed by atoms with Gasteiger partial charge in [-0.25, -0.2) is 13.1 Å². The number of nitrogens with one attached hydrogen (secondary N) is 3. The summed E-state index contributed by atoms with van der Waals surface area (Å²) in [4.78, 5) is 6.75. The lowest BCUT2D eigenvalue weighted by Crippen LogP contribution is -2.49. The van der Waals surface area contributed by atoms with Crippen molar-refractivity contribution >= 4 is 40.0 Å². The number of hydrogen-bond acceptors (Lipinski definition) is 4. The summed E-state index contributed by atoms with van der Waals surface area (Å²) in [7, 11) is -1.32. The first kappa shape index (κ1) is 23.9. The number of likely N-dealkylation sites (tertiary alicyclic amines) is 1. The number of nitrogens with zero attached hydrogens (tertiary/aromatic N) is 2. The highest BCUT2D eigenvalue weighted by Gasteiger charge is 2.19. The first-order valence-electron chi connectivity index (χ1n) is 8.67. The second kappa shape index (κ2) is 13.1. The van der Waals surface area contributed by atoms with Crippen molar-refractivity contribution in [2.45, 2.75) is 45.6 Å². The Labute approximate surface area is 164 Å². The highest BCUT2D eigenvalue weighted by molar-refractivity contribution is 14.0. The van der Waals surface area contributed by atoms with Crippen LogP contribution in [0.2, 0.25) is 0 Å². The fourth-order valence-electron chi connectivity index (χ4n) is 2.63. The summed E-state index contributed by atoms with van der Waals surface area (Å²) in [6.45, 7) is 8.47. The van der Waals surface area contributed by atoms with Crippen molar-refractivity contribution < 1.29 is 8.42 Å². The Balaban J connectivity index is 0.00000529. The van der Waals surface area contributed by atoms with Gasteiger partial charge in [0.05, 0.1) is 5.75 Å². The molecule has 9 heteroatoms. The minimum absolute atomic E-state index is 0. The Kier molecular flexibility index (Phi) is 13.1. The molecule has 0 radical (unpaired) electrons. The number of rotatable bonds is 9. The van der Waals surface area contributed by atoms with Crippen molar-refractivity contribution in [3.63, 3.8) is 0 Å². The monoisotopic (exact) mass is 475 g/mol. The van der Waals surface area contributed by atoms with Crippen molar-refractivity contribution in [3.05, 3.63) is 0 Å². The highest BCUT2D eigenvalue weighted by Crippen LogP contribution is 2.10. The summed E-state index contributed by atoms with van der Waals surface area (Å²) in [6, 6.07) is 0.466. The number of hydrogen-bond donors (Lipinski definition) is 3. The third-order valence-corrected chi connectivity index (χ3v) is 5.44. The van der Waals surface area contributed by atoms with Gasteiger partial charge in [0.2, 0.25) is 10.0 Å². The van der Waals surface area contributed by atoms with E-state index in [2.05, 4.69) is 32.2 Å². The average molecular weight is 475 g/mol. The van der Waals surface area contributed by atoms with Gasteiger partial charge in [0.25, 0.3) is 0 Å². The van der Waals surface area contributed by atoms with Crippen LogP contribution < -0.4 is 15.4 Å². The molecule has 0 spiro atoms. The van der Waals surface area contributed by atoms with Crippen molar-refractivity contribution in [2.75, 3.05) is 45.5 Å². The van der Waals surface area contributed by atoms with Crippen LogP contribution in [0.1, 0.15) is 39.5 Å². The van der Waals surface area contributed by atoms with E-state index in [1.807, 2.05) is 0 Å². The molecule has 1 aliphatic rings. The quantitative estimate of drug-likeness (QED) is 0.200. The van der Waals surface area contributed by atoms with E-state index in [0.717, 1.165) is 38.3 Å². The predicted molar refractivity (Wildman–Crippen MR) is 112 cm³/mol. The first-order chi connectivity index (χ1) is 11.0. The molecule has 0 unspecified atom stereocenters. The summed E-state index contributed by atoms with van der Waals surface area (Å²) < 4.78 is 25.2. The van der Waals surface area contributed by atoms with E-state index < -0.39 is 10.0 Å². The van der Waals surface area contributed by atoms with Crippen LogP contribution in [0.5, 0.6) is 0 Å². The van der Waals surface area contributed by atoms with Crippen molar-refractivity contribution in [3.8, 4) is 0 Å². The molecule has 7 nitrogen and oxygen atoms in total. The normalized spacial score (nSPS) is 17.4. The Hall–Kier alpha value is -0.130. The third-order valence-electron chi connectivity index (χ3n) is 4.04. The van der Waals surface area contributed by atoms with Crippen LogP contribution in [0.15, 0.2) is 4.99 Å². The van der Waals surface area contributed by atoms with Crippen LogP contribution in [0.3, 0.4) is 0 Å². The lowest BCUT2D eigenvalue weighted by Gasteiger charge is -2.32. The molecule has 0 aromatic carbocycles. The maximum atomic E-state index is 11.3. The largest absolute Gasteiger partial charge is 0.356 e. The van der Waals surface area contributed by atoms with Gasteiger partial charge >= 0.3 is 0 Å². The molecule has 0 aromatic heterocycles. The molecule has 1 saturated heterocycles. The fraction of sp³-hybridized carbons (Fsp3) is 0.933. The molecular weight excluding hydrogens is 441 g/mol. The third kappa shape index (κ3) is 10.00. The van der Waals surface area contributed by atoms with Crippen LogP contribution in [0.4, 0.5) is 0 Å². The second-order valence-electron chi connectivity index (χ2n) is 5.91. The van der Waals surface area contributed by atoms with Crippen molar-refractivity contribution in [1.82, 2.24) is 20.3 Å². The Morgan fingerprint density at radius 1 is 1.21 bits per heavy atom. The smallest absolute Gasteiger partial charge is 0.211 e. The standard InChI is InChI=1S/C15H33N5O2S.HI/c1-4-11-20-12-7-14(8-13-20)19-15(16-3)17-9-6-10-18-23(21,22)5-2;/h14,18H,4-13H2,1-3H3,(H2,16,17,19);1H. The van der Waals surface area contributed by atoms with Gasteiger partial charge in [-0.15, -0.1) is 24.0 Å². The lowest BCUT2D eigenvalue weighted by atomic mass is 10.1. The molecular formula is C15H34IN5O2S. The van der Waals surface area contributed by atoms with E-state index in [4.69, 9.17) is 0 Å². The van der Waals surface area contributed by atoms with Crippen LogP contribution in [0, 0.1) is 0 Å². The molecule has 0 aromatic rings. The van der Waals surface area contributed by atoms with Crippen molar-refractivity contribution in [1.29, 1.82) is 0 Å². The summed E-state index contributed by atoms with van der Waals surface area (Å²) in [5.74, 6) is 0.928. The number of aliphatic imine (C=N–C) groups is 1. The number of piperidine rings is 1. The summed E-state index contributed by atoms with van der Waals surface area (Å²) in [5, 5.41) is 6.71. The van der Waals surface area contributed by atoms with E-state index in [9.17, 15) is 8.42 Å². The average Bonchev–Trinajstić information content (AvgIpc) is 2.55. The molecule has 1 fully saturated rings. The Morgan fingerprint density at radius 3 is 2.42 bits per heavy atom. The van der Waals surface area contributed by atoms with Gasteiger partial charge in [0.15, 0.2) is 5.96 Å². The Bertz CT molecular complexity index is 451. The van der Waals surface area contributed by atoms with Gasteiger partial charge < -0.3 is 15.5 Å². The molecule has 1 heterocycles. The van der Waals surface area contributed by atoms with E-state index in [0.29, 0.717) is 19.1 Å². The van der Waals surface area contributed by atoms with Gasteiger partial charge in [-0.2, -0.15) is 0 Å². The van der Waals surface area contributed by atoms with E-state index in [1.165, 1.54) is 13.0 Å². The molecule has 1 rings (SSSR count). The zero-order chi connectivity index (χ0) is 17.1. The zero-order valence-corrected chi connectivity index (χ0v) is 18.3. The van der Waals surface area contributed by atoms with Crippen molar-refractivity contribution in [2.24, 2.45) is 4.99 Å². The summed E-state index contributed by atoms with van der Waals surface area (Å²) in [5.41, 5.74) is 0. The maximum absolute atomic E-state index is 11.3. The Morgan fingerprint density at radius 2 is 1.88 bits per heavy atom. The molecule has 0 aliphatic carbocycles. The number of sulfonamides is 1. The predicted octanol–water partition coefficient (Wildman–Crippen LogP) is 0.973. The molecule has 0 saturated carbocycles. The van der Waals surface area contributed by atoms with Crippen LogP contribution >= 0.6 is 24.0 Å². The molecule has 0 bridgehead atoms. The summed E-state index contributed by atoms with van der Waals surface area (Å²) in [6.07, 6.45) is 4.21. The zero-order valence-electron chi connectivity index (χ0n) is 15.2. The van der Waals surface area contributed by atoms with E-state index in [1.54, 1.807) is 14.0 Å². The highest BCUT2D eigenvalue weighted by atomic mass is 127. The molecule has 3 N–H and O–H groups in total. The van der Waals surface area contributed by atoms with Crippen LogP contribution in [-0.4, -0.2) is 70.8 Å². The first-order valence-corrected chi connectivity index (χ1v) is 10.3. The van der Waals surface area contributed by atoms with Gasteiger partial charge in [-0.1, -0.05) is 6.92 Å². The fourth-order valence-corrected chi connectivity index (χ4v) is 3.29. The lowest BCUT2D eigenvalue weighted by molar-refractivity contribution is 0.206. The topological polar surface area (TPSA) is 85.8 Å². The van der Waals surface area contributed by atoms with Gasteiger partial charge in [0.1, 0.15) is 0 Å². The molecule has 0 amide bonds. The van der Waals surface area contributed by atoms with Gasteiger partial charge in [-0.3, -0.25) is 4.99 Å². The maximum Gasteiger partial charge on any atom is 0.211 e. The van der Waals surface area contributed by atoms with Crippen LogP contribution in [-0.2, 0) is 10.0 Å². The van der Waals surface area contributed by atoms with Crippen LogP contribution in [0.25, 0.3) is 0 Å². The molecule has 0 atom stereocenters. The number of halogens is 1. The molecule has 144 valence electrons. The SMILES string of the molecule is CCCN1CCC(NC(=NC)NCCCNS(=O)(=O)CC)CC1.I. The minimum atomic E-state index is -3.09. The summed E-state index contributed by atoms with van der Waals surface area (Å²) >= 11 is 0. The molecule has 1 aliphatic heterocycles. The molecule has 24 heavy (non-hydrogen) atoms. The second-order valence-corrected chi connectivity index (χ2v) is 8.01. The van der Waals surface area contributed by atoms with Gasteiger partial charge in [0, 0.05) is 39.3 Å². The van der Waals surface area contributed by atoms with Gasteiger partial charge in [-0.05, 0) is 39.2 Å².